The quantitative estimate of drug-likeness (QED) is 0.476. The first-order valence-electron chi connectivity index (χ1n) is 10.8. The van der Waals surface area contributed by atoms with Gasteiger partial charge in [-0.15, -0.1) is 0 Å². The van der Waals surface area contributed by atoms with Crippen molar-refractivity contribution in [2.24, 2.45) is 5.92 Å². The number of nitrogens with zero attached hydrogens (tertiary/aromatic N) is 2. The van der Waals surface area contributed by atoms with Gasteiger partial charge in [0.1, 0.15) is 11.7 Å². The van der Waals surface area contributed by atoms with Crippen molar-refractivity contribution in [2.75, 3.05) is 9.96 Å². The molecule has 6 heteroatoms. The average Bonchev–Trinajstić information content (AvgIpc) is 3.36. The van der Waals surface area contributed by atoms with Crippen LogP contribution in [-0.2, 0) is 14.4 Å². The second kappa shape index (κ2) is 7.46. The van der Waals surface area contributed by atoms with Crippen LogP contribution in [0.5, 0.6) is 5.75 Å². The molecule has 0 unspecified atom stereocenters. The number of phenols is 1. The number of fused-ring (bicyclic) bond motifs is 2. The summed E-state index contributed by atoms with van der Waals surface area (Å²) in [7, 11) is 0. The third kappa shape index (κ3) is 3.07. The van der Waals surface area contributed by atoms with Crippen molar-refractivity contribution in [2.45, 2.75) is 12.1 Å². The predicted octanol–water partition coefficient (Wildman–Crippen LogP) is 4.60. The van der Waals surface area contributed by atoms with Gasteiger partial charge < -0.3 is 5.11 Å². The standard InChI is InChI=1S/C27H20N2O4/c30-22-14-11-18(12-15-22)24-23-25(33-29(24)20-8-2-1-3-9-20)27(32)28(26(23)31)21-13-10-17-6-4-5-7-19(17)16-21/h1-16,23-25,30H/t23-,24+,25+/m0/s1. The summed E-state index contributed by atoms with van der Waals surface area (Å²) in [4.78, 5) is 34.6. The third-order valence-corrected chi connectivity index (χ3v) is 6.35. The Kier molecular flexibility index (Phi) is 4.41. The third-order valence-electron chi connectivity index (χ3n) is 6.35. The molecule has 6 rings (SSSR count). The van der Waals surface area contributed by atoms with Gasteiger partial charge in [0.05, 0.1) is 17.4 Å². The summed E-state index contributed by atoms with van der Waals surface area (Å²) in [5.74, 6) is -1.25. The summed E-state index contributed by atoms with van der Waals surface area (Å²) in [6.07, 6.45) is -0.928. The molecular formula is C27H20N2O4. The van der Waals surface area contributed by atoms with Crippen LogP contribution in [0.2, 0.25) is 0 Å². The first-order valence-corrected chi connectivity index (χ1v) is 10.8. The molecule has 0 aromatic heterocycles. The molecule has 2 aliphatic heterocycles. The molecule has 0 spiro atoms. The van der Waals surface area contributed by atoms with Gasteiger partial charge >= 0.3 is 0 Å². The Bertz CT molecular complexity index is 1370. The first-order chi connectivity index (χ1) is 16.1. The maximum absolute atomic E-state index is 13.7. The summed E-state index contributed by atoms with van der Waals surface area (Å²) in [6, 6.07) is 29.0. The normalized spacial score (nSPS) is 22.2. The van der Waals surface area contributed by atoms with E-state index in [1.807, 2.05) is 66.7 Å². The minimum absolute atomic E-state index is 0.132. The molecule has 2 saturated heterocycles. The van der Waals surface area contributed by atoms with Gasteiger partial charge in [-0.2, -0.15) is 0 Å². The van der Waals surface area contributed by atoms with Crippen LogP contribution >= 0.6 is 0 Å². The van der Waals surface area contributed by atoms with Crippen molar-refractivity contribution in [3.63, 3.8) is 0 Å². The fourth-order valence-corrected chi connectivity index (χ4v) is 4.79. The summed E-state index contributed by atoms with van der Waals surface area (Å²) < 4.78 is 0. The molecule has 162 valence electrons. The second-order valence-electron chi connectivity index (χ2n) is 8.29. The second-order valence-corrected chi connectivity index (χ2v) is 8.29. The number of benzene rings is 4. The van der Waals surface area contributed by atoms with Crippen LogP contribution < -0.4 is 9.96 Å². The molecule has 4 aromatic carbocycles. The summed E-state index contributed by atoms with van der Waals surface area (Å²) in [5, 5.41) is 13.4. The maximum atomic E-state index is 13.7. The average molecular weight is 436 g/mol. The van der Waals surface area contributed by atoms with E-state index >= 15 is 0 Å². The van der Waals surface area contributed by atoms with E-state index in [0.717, 1.165) is 22.0 Å². The van der Waals surface area contributed by atoms with Gasteiger partial charge in [0.15, 0.2) is 6.10 Å². The number of aromatic hydroxyl groups is 1. The fourth-order valence-electron chi connectivity index (χ4n) is 4.79. The van der Waals surface area contributed by atoms with Gasteiger partial charge in [-0.3, -0.25) is 14.4 Å². The molecule has 0 radical (unpaired) electrons. The zero-order valence-electron chi connectivity index (χ0n) is 17.5. The lowest BCUT2D eigenvalue weighted by atomic mass is 9.90. The number of amides is 2. The highest BCUT2D eigenvalue weighted by Crippen LogP contribution is 2.47. The Balaban J connectivity index is 1.43. The molecule has 0 bridgehead atoms. The lowest BCUT2D eigenvalue weighted by Gasteiger charge is -2.28. The number of para-hydroxylation sites is 1. The van der Waals surface area contributed by atoms with Crippen LogP contribution in [0, 0.1) is 5.92 Å². The van der Waals surface area contributed by atoms with Crippen molar-refractivity contribution < 1.29 is 19.5 Å². The highest BCUT2D eigenvalue weighted by Gasteiger charge is 2.60. The van der Waals surface area contributed by atoms with E-state index in [9.17, 15) is 14.7 Å². The number of anilines is 2. The topological polar surface area (TPSA) is 70.1 Å². The summed E-state index contributed by atoms with van der Waals surface area (Å²) in [6.45, 7) is 0. The SMILES string of the molecule is O=C1[C@H]2[C@@H](c3ccc(O)cc3)N(c3ccccc3)O[C@H]2C(=O)N1c1ccc2ccccc2c1. The number of carbonyl (C=O) groups excluding carboxylic acids is 2. The van der Waals surface area contributed by atoms with Crippen molar-refractivity contribution in [1.82, 2.24) is 0 Å². The molecule has 3 atom stereocenters. The monoisotopic (exact) mass is 436 g/mol. The minimum Gasteiger partial charge on any atom is -0.508 e. The Hall–Kier alpha value is -4.16. The molecule has 1 N–H and O–H groups in total. The molecule has 0 saturated carbocycles. The zero-order valence-corrected chi connectivity index (χ0v) is 17.5. The van der Waals surface area contributed by atoms with Gasteiger partial charge in [0.2, 0.25) is 5.91 Å². The van der Waals surface area contributed by atoms with E-state index in [2.05, 4.69) is 0 Å². The fraction of sp³-hybridized carbons (Fsp3) is 0.111. The molecule has 2 fully saturated rings. The summed E-state index contributed by atoms with van der Waals surface area (Å²) >= 11 is 0. The van der Waals surface area contributed by atoms with Crippen LogP contribution in [0.1, 0.15) is 11.6 Å². The molecule has 2 heterocycles. The van der Waals surface area contributed by atoms with Crippen LogP contribution in [0.3, 0.4) is 0 Å². The number of imide groups is 1. The van der Waals surface area contributed by atoms with Gasteiger partial charge in [-0.1, -0.05) is 60.7 Å². The Morgan fingerprint density at radius 2 is 1.39 bits per heavy atom. The molecule has 33 heavy (non-hydrogen) atoms. The minimum atomic E-state index is -0.928. The van der Waals surface area contributed by atoms with Crippen molar-refractivity contribution in [3.05, 3.63) is 103 Å². The Morgan fingerprint density at radius 3 is 2.15 bits per heavy atom. The Labute approximate surface area is 190 Å². The van der Waals surface area contributed by atoms with Crippen LogP contribution in [-0.4, -0.2) is 23.0 Å². The molecule has 0 aliphatic carbocycles. The predicted molar refractivity (Wildman–Crippen MR) is 125 cm³/mol. The number of hydroxylamine groups is 1. The lowest BCUT2D eigenvalue weighted by Crippen LogP contribution is -2.37. The van der Waals surface area contributed by atoms with Gasteiger partial charge in [0, 0.05) is 0 Å². The molecule has 4 aromatic rings. The highest BCUT2D eigenvalue weighted by molar-refractivity contribution is 6.24. The number of rotatable bonds is 3. The van der Waals surface area contributed by atoms with E-state index in [0.29, 0.717) is 5.69 Å². The zero-order chi connectivity index (χ0) is 22.5. The van der Waals surface area contributed by atoms with Crippen LogP contribution in [0.25, 0.3) is 10.8 Å². The van der Waals surface area contributed by atoms with Crippen LogP contribution in [0.4, 0.5) is 11.4 Å². The molecule has 2 amide bonds. The maximum Gasteiger partial charge on any atom is 0.266 e. The summed E-state index contributed by atoms with van der Waals surface area (Å²) in [5.41, 5.74) is 2.07. The largest absolute Gasteiger partial charge is 0.508 e. The van der Waals surface area contributed by atoms with Gasteiger partial charge in [-0.25, -0.2) is 9.96 Å². The van der Waals surface area contributed by atoms with E-state index in [4.69, 9.17) is 4.84 Å². The van der Waals surface area contributed by atoms with E-state index in [-0.39, 0.29) is 17.6 Å². The highest BCUT2D eigenvalue weighted by atomic mass is 16.7. The first kappa shape index (κ1) is 19.5. The number of hydrogen-bond donors (Lipinski definition) is 1. The lowest BCUT2D eigenvalue weighted by molar-refractivity contribution is -0.126. The van der Waals surface area contributed by atoms with Gasteiger partial charge in [0.25, 0.3) is 5.91 Å². The number of phenolic OH excluding ortho intramolecular Hbond substituents is 1. The number of hydrogen-bond acceptors (Lipinski definition) is 5. The molecular weight excluding hydrogens is 416 g/mol. The molecule has 2 aliphatic rings. The van der Waals surface area contributed by atoms with Crippen molar-refractivity contribution in [3.8, 4) is 5.75 Å². The van der Waals surface area contributed by atoms with E-state index in [1.165, 1.54) is 4.90 Å². The van der Waals surface area contributed by atoms with Gasteiger partial charge in [-0.05, 0) is 52.7 Å². The van der Waals surface area contributed by atoms with E-state index < -0.39 is 18.1 Å². The van der Waals surface area contributed by atoms with E-state index in [1.54, 1.807) is 35.4 Å². The Morgan fingerprint density at radius 1 is 0.697 bits per heavy atom. The molecule has 6 nitrogen and oxygen atoms in total. The van der Waals surface area contributed by atoms with Crippen molar-refractivity contribution >= 4 is 34.0 Å². The van der Waals surface area contributed by atoms with Crippen LogP contribution in [0.15, 0.2) is 97.1 Å². The number of carbonyl (C=O) groups is 2. The smallest absolute Gasteiger partial charge is 0.266 e. The van der Waals surface area contributed by atoms with Crippen molar-refractivity contribution in [1.29, 1.82) is 0 Å².